The van der Waals surface area contributed by atoms with Crippen molar-refractivity contribution in [3.05, 3.63) is 48.5 Å². The van der Waals surface area contributed by atoms with Crippen molar-refractivity contribution in [2.75, 3.05) is 50.7 Å². The van der Waals surface area contributed by atoms with Gasteiger partial charge in [0.25, 0.3) is 0 Å². The first kappa shape index (κ1) is 21.0. The number of carbonyl (C=O) groups excluding carboxylic acids is 1. The fourth-order valence-corrected chi connectivity index (χ4v) is 2.93. The summed E-state index contributed by atoms with van der Waals surface area (Å²) in [6, 6.07) is 14.8. The Labute approximate surface area is 171 Å². The van der Waals surface area contributed by atoms with Gasteiger partial charge in [-0.05, 0) is 49.2 Å². The molecular formula is C22H28N2O5. The van der Waals surface area contributed by atoms with Crippen LogP contribution in [0.3, 0.4) is 0 Å². The maximum atomic E-state index is 12.2. The highest BCUT2D eigenvalue weighted by Gasteiger charge is 2.15. The molecule has 1 amide bonds. The highest BCUT2D eigenvalue weighted by molar-refractivity contribution is 5.93. The number of benzene rings is 2. The third-order valence-electron chi connectivity index (χ3n) is 4.44. The lowest BCUT2D eigenvalue weighted by molar-refractivity contribution is -0.114. The van der Waals surface area contributed by atoms with Crippen molar-refractivity contribution in [1.82, 2.24) is 0 Å². The number of rotatable bonds is 11. The van der Waals surface area contributed by atoms with Gasteiger partial charge >= 0.3 is 0 Å². The predicted octanol–water partition coefficient (Wildman–Crippen LogP) is 3.32. The summed E-state index contributed by atoms with van der Waals surface area (Å²) in [7, 11) is 1.63. The minimum Gasteiger partial charge on any atom is -0.491 e. The molecule has 0 bridgehead atoms. The van der Waals surface area contributed by atoms with E-state index in [0.717, 1.165) is 42.3 Å². The van der Waals surface area contributed by atoms with Gasteiger partial charge in [0.1, 0.15) is 24.7 Å². The van der Waals surface area contributed by atoms with E-state index in [0.29, 0.717) is 19.8 Å². The standard InChI is InChI=1S/C22H28N2O5/c1-26-12-13-28-20-5-2-4-18(14-20)23-15-22(25)24-17-7-9-19(10-8-17)29-16-21-6-3-11-27-21/h2,4-5,7-10,14,21,23H,3,6,11-13,15-16H2,1H3,(H,24,25). The molecule has 1 saturated heterocycles. The zero-order chi connectivity index (χ0) is 20.3. The summed E-state index contributed by atoms with van der Waals surface area (Å²) >= 11 is 0. The number of hydrogen-bond acceptors (Lipinski definition) is 6. The zero-order valence-electron chi connectivity index (χ0n) is 16.7. The van der Waals surface area contributed by atoms with Crippen molar-refractivity contribution in [2.45, 2.75) is 18.9 Å². The lowest BCUT2D eigenvalue weighted by atomic mass is 10.2. The van der Waals surface area contributed by atoms with Gasteiger partial charge in [-0.2, -0.15) is 0 Å². The Morgan fingerprint density at radius 3 is 2.69 bits per heavy atom. The van der Waals surface area contributed by atoms with Crippen molar-refractivity contribution in [2.24, 2.45) is 0 Å². The summed E-state index contributed by atoms with van der Waals surface area (Å²) in [4.78, 5) is 12.2. The second kappa shape index (κ2) is 11.3. The van der Waals surface area contributed by atoms with E-state index in [1.165, 1.54) is 0 Å². The molecule has 1 fully saturated rings. The number of carbonyl (C=O) groups is 1. The van der Waals surface area contributed by atoms with E-state index in [1.807, 2.05) is 48.5 Å². The maximum Gasteiger partial charge on any atom is 0.243 e. The first-order valence-electron chi connectivity index (χ1n) is 9.83. The normalized spacial score (nSPS) is 15.7. The van der Waals surface area contributed by atoms with Gasteiger partial charge in [0.2, 0.25) is 5.91 Å². The van der Waals surface area contributed by atoms with Crippen LogP contribution in [-0.2, 0) is 14.3 Å². The molecule has 0 aliphatic carbocycles. The predicted molar refractivity (Wildman–Crippen MR) is 112 cm³/mol. The Hall–Kier alpha value is -2.77. The molecule has 1 unspecified atom stereocenters. The van der Waals surface area contributed by atoms with E-state index < -0.39 is 0 Å². The molecule has 1 atom stereocenters. The second-order valence-corrected chi connectivity index (χ2v) is 6.74. The molecule has 0 spiro atoms. The highest BCUT2D eigenvalue weighted by Crippen LogP contribution is 2.19. The topological polar surface area (TPSA) is 78.1 Å². The summed E-state index contributed by atoms with van der Waals surface area (Å²) in [5.74, 6) is 1.36. The van der Waals surface area contributed by atoms with Gasteiger partial charge in [-0.3, -0.25) is 4.79 Å². The van der Waals surface area contributed by atoms with Crippen LogP contribution in [0.5, 0.6) is 11.5 Å². The van der Waals surface area contributed by atoms with Crippen molar-refractivity contribution >= 4 is 17.3 Å². The Bertz CT molecular complexity index is 760. The largest absolute Gasteiger partial charge is 0.491 e. The van der Waals surface area contributed by atoms with Gasteiger partial charge < -0.3 is 29.6 Å². The molecule has 1 heterocycles. The summed E-state index contributed by atoms with van der Waals surface area (Å²) in [6.45, 7) is 2.53. The lowest BCUT2D eigenvalue weighted by Gasteiger charge is -2.12. The summed E-state index contributed by atoms with van der Waals surface area (Å²) in [5.41, 5.74) is 1.53. The first-order valence-corrected chi connectivity index (χ1v) is 9.83. The SMILES string of the molecule is COCCOc1cccc(NCC(=O)Nc2ccc(OCC3CCCO3)cc2)c1. The third-order valence-corrected chi connectivity index (χ3v) is 4.44. The number of hydrogen-bond donors (Lipinski definition) is 2. The van der Waals surface area contributed by atoms with Crippen LogP contribution in [0.1, 0.15) is 12.8 Å². The average molecular weight is 400 g/mol. The van der Waals surface area contributed by atoms with Gasteiger partial charge in [0.05, 0.1) is 19.3 Å². The van der Waals surface area contributed by atoms with E-state index in [2.05, 4.69) is 10.6 Å². The summed E-state index contributed by atoms with van der Waals surface area (Å²) in [5, 5.41) is 5.96. The molecule has 7 nitrogen and oxygen atoms in total. The van der Waals surface area contributed by atoms with Gasteiger partial charge in [0.15, 0.2) is 0 Å². The molecule has 1 aliphatic heterocycles. The van der Waals surface area contributed by atoms with Crippen molar-refractivity contribution < 1.29 is 23.7 Å². The number of anilines is 2. The fraction of sp³-hybridized carbons (Fsp3) is 0.409. The van der Waals surface area contributed by atoms with Crippen LogP contribution < -0.4 is 20.1 Å². The van der Waals surface area contributed by atoms with Crippen molar-refractivity contribution in [1.29, 1.82) is 0 Å². The molecule has 3 rings (SSSR count). The van der Waals surface area contributed by atoms with Gasteiger partial charge in [-0.25, -0.2) is 0 Å². The van der Waals surface area contributed by atoms with E-state index in [4.69, 9.17) is 18.9 Å². The molecule has 0 radical (unpaired) electrons. The third kappa shape index (κ3) is 7.29. The van der Waals surface area contributed by atoms with Crippen LogP contribution >= 0.6 is 0 Å². The van der Waals surface area contributed by atoms with E-state index in [1.54, 1.807) is 7.11 Å². The molecule has 7 heteroatoms. The lowest BCUT2D eigenvalue weighted by Crippen LogP contribution is -2.21. The van der Waals surface area contributed by atoms with Crippen molar-refractivity contribution in [3.63, 3.8) is 0 Å². The molecule has 1 aliphatic rings. The molecule has 0 aromatic heterocycles. The van der Waals surface area contributed by atoms with Gasteiger partial charge in [-0.1, -0.05) is 6.07 Å². The number of nitrogens with one attached hydrogen (secondary N) is 2. The van der Waals surface area contributed by atoms with E-state index in [9.17, 15) is 4.79 Å². The van der Waals surface area contributed by atoms with Crippen LogP contribution in [0.2, 0.25) is 0 Å². The average Bonchev–Trinajstić information content (AvgIpc) is 3.26. The molecule has 2 aromatic carbocycles. The van der Waals surface area contributed by atoms with Crippen LogP contribution in [0, 0.1) is 0 Å². The van der Waals surface area contributed by atoms with Crippen LogP contribution in [0.15, 0.2) is 48.5 Å². The molecule has 29 heavy (non-hydrogen) atoms. The van der Waals surface area contributed by atoms with Crippen molar-refractivity contribution in [3.8, 4) is 11.5 Å². The zero-order valence-corrected chi connectivity index (χ0v) is 16.7. The summed E-state index contributed by atoms with van der Waals surface area (Å²) < 4.78 is 21.8. The maximum absolute atomic E-state index is 12.2. The Kier molecular flexibility index (Phi) is 8.15. The van der Waals surface area contributed by atoms with Gasteiger partial charge in [-0.15, -0.1) is 0 Å². The fourth-order valence-electron chi connectivity index (χ4n) is 2.93. The van der Waals surface area contributed by atoms with E-state index in [-0.39, 0.29) is 18.6 Å². The Morgan fingerprint density at radius 1 is 1.07 bits per heavy atom. The number of amides is 1. The number of methoxy groups -OCH3 is 1. The van der Waals surface area contributed by atoms with E-state index >= 15 is 0 Å². The molecule has 2 aromatic rings. The Morgan fingerprint density at radius 2 is 1.93 bits per heavy atom. The minimum atomic E-state index is -0.135. The first-order chi connectivity index (χ1) is 14.2. The Balaban J connectivity index is 1.40. The quantitative estimate of drug-likeness (QED) is 0.564. The molecular weight excluding hydrogens is 372 g/mol. The van der Waals surface area contributed by atoms with Crippen LogP contribution in [0.25, 0.3) is 0 Å². The molecule has 2 N–H and O–H groups in total. The molecule has 156 valence electrons. The molecule has 0 saturated carbocycles. The second-order valence-electron chi connectivity index (χ2n) is 6.74. The number of ether oxygens (including phenoxy) is 4. The highest BCUT2D eigenvalue weighted by atomic mass is 16.5. The monoisotopic (exact) mass is 400 g/mol. The van der Waals surface area contributed by atoms with Gasteiger partial charge in [0, 0.05) is 31.2 Å². The summed E-state index contributed by atoms with van der Waals surface area (Å²) in [6.07, 6.45) is 2.32. The van der Waals surface area contributed by atoms with Crippen LogP contribution in [0.4, 0.5) is 11.4 Å². The minimum absolute atomic E-state index is 0.135. The van der Waals surface area contributed by atoms with Crippen LogP contribution in [-0.4, -0.2) is 52.1 Å². The smallest absolute Gasteiger partial charge is 0.243 e.